The first kappa shape index (κ1) is 18.5. The predicted molar refractivity (Wildman–Crippen MR) is 84.8 cm³/mol. The fourth-order valence-electron chi connectivity index (χ4n) is 2.01. The molecule has 0 bridgehead atoms. The molecule has 1 N–H and O–H groups in total. The predicted octanol–water partition coefficient (Wildman–Crippen LogP) is 3.49. The normalized spacial score (nSPS) is 11.0. The van der Waals surface area contributed by atoms with Gasteiger partial charge in [0.1, 0.15) is 13.2 Å². The summed E-state index contributed by atoms with van der Waals surface area (Å²) in [6.07, 6.45) is -4.46. The Morgan fingerprint density at radius 3 is 2.40 bits per heavy atom. The van der Waals surface area contributed by atoms with Gasteiger partial charge in [-0.25, -0.2) is 0 Å². The second-order valence-electron chi connectivity index (χ2n) is 5.41. The van der Waals surface area contributed by atoms with E-state index >= 15 is 0 Å². The van der Waals surface area contributed by atoms with Crippen LogP contribution in [0.25, 0.3) is 0 Å². The third-order valence-electron chi connectivity index (χ3n) is 3.36. The molecule has 25 heavy (non-hydrogen) atoms. The number of hydrogen-bond acceptors (Lipinski definition) is 3. The molecule has 0 aromatic heterocycles. The Morgan fingerprint density at radius 1 is 1.08 bits per heavy atom. The number of carbonyl (C=O) groups is 2. The first-order valence-electron chi connectivity index (χ1n) is 7.42. The van der Waals surface area contributed by atoms with Crippen LogP contribution in [0.3, 0.4) is 0 Å². The molecule has 0 saturated heterocycles. The maximum atomic E-state index is 12.6. The van der Waals surface area contributed by atoms with Crippen LogP contribution in [-0.4, -0.2) is 18.4 Å². The molecule has 0 spiro atoms. The Balaban J connectivity index is 1.83. The van der Waals surface area contributed by atoms with Crippen molar-refractivity contribution in [2.45, 2.75) is 19.7 Å². The summed E-state index contributed by atoms with van der Waals surface area (Å²) in [6, 6.07) is 11.3. The van der Waals surface area contributed by atoms with Gasteiger partial charge in [0, 0.05) is 5.56 Å². The molecule has 0 heterocycles. The summed E-state index contributed by atoms with van der Waals surface area (Å²) in [7, 11) is 0. The molecule has 2 aromatic carbocycles. The fraction of sp³-hybridized carbons (Fsp3) is 0.222. The van der Waals surface area contributed by atoms with Gasteiger partial charge in [-0.15, -0.1) is 0 Å². The van der Waals surface area contributed by atoms with E-state index in [1.807, 2.05) is 6.92 Å². The van der Waals surface area contributed by atoms with E-state index in [2.05, 4.69) is 5.32 Å². The zero-order chi connectivity index (χ0) is 18.4. The number of alkyl halides is 3. The van der Waals surface area contributed by atoms with Crippen molar-refractivity contribution < 1.29 is 27.5 Å². The van der Waals surface area contributed by atoms with Gasteiger partial charge in [-0.3, -0.25) is 9.59 Å². The second-order valence-corrected chi connectivity index (χ2v) is 5.41. The molecule has 0 aliphatic heterocycles. The molecule has 132 valence electrons. The molecule has 2 aromatic rings. The lowest BCUT2D eigenvalue weighted by Gasteiger charge is -2.10. The minimum Gasteiger partial charge on any atom is -0.460 e. The summed E-state index contributed by atoms with van der Waals surface area (Å²) in [6.45, 7) is 1.21. The standard InChI is InChI=1S/C18H16F3NO3/c1-12-5-7-14(8-6-12)17(24)22-10-16(23)25-11-13-3-2-4-15(9-13)18(19,20)21/h2-9H,10-11H2,1H3,(H,22,24). The smallest absolute Gasteiger partial charge is 0.416 e. The van der Waals surface area contributed by atoms with Crippen LogP contribution < -0.4 is 5.32 Å². The van der Waals surface area contributed by atoms with Crippen molar-refractivity contribution in [2.75, 3.05) is 6.54 Å². The van der Waals surface area contributed by atoms with Crippen molar-refractivity contribution in [1.82, 2.24) is 5.32 Å². The van der Waals surface area contributed by atoms with Crippen molar-refractivity contribution in [3.8, 4) is 0 Å². The van der Waals surface area contributed by atoms with E-state index < -0.39 is 23.6 Å². The molecule has 0 unspecified atom stereocenters. The molecular weight excluding hydrogens is 335 g/mol. The number of carbonyl (C=O) groups excluding carboxylic acids is 2. The average Bonchev–Trinajstić information content (AvgIpc) is 2.58. The second kappa shape index (κ2) is 7.83. The Morgan fingerprint density at radius 2 is 1.76 bits per heavy atom. The van der Waals surface area contributed by atoms with Crippen LogP contribution in [0.15, 0.2) is 48.5 Å². The van der Waals surface area contributed by atoms with Crippen LogP contribution in [-0.2, 0) is 22.3 Å². The van der Waals surface area contributed by atoms with Crippen LogP contribution in [0.5, 0.6) is 0 Å². The zero-order valence-corrected chi connectivity index (χ0v) is 13.4. The monoisotopic (exact) mass is 351 g/mol. The molecule has 7 heteroatoms. The summed E-state index contributed by atoms with van der Waals surface area (Å²) in [4.78, 5) is 23.5. The van der Waals surface area contributed by atoms with Gasteiger partial charge < -0.3 is 10.1 Å². The summed E-state index contributed by atoms with van der Waals surface area (Å²) < 4.78 is 42.7. The summed E-state index contributed by atoms with van der Waals surface area (Å²) in [5.74, 6) is -1.17. The minimum absolute atomic E-state index is 0.216. The van der Waals surface area contributed by atoms with Crippen molar-refractivity contribution in [1.29, 1.82) is 0 Å². The van der Waals surface area contributed by atoms with E-state index in [1.54, 1.807) is 24.3 Å². The maximum absolute atomic E-state index is 12.6. The van der Waals surface area contributed by atoms with Crippen molar-refractivity contribution in [2.24, 2.45) is 0 Å². The van der Waals surface area contributed by atoms with Crippen molar-refractivity contribution in [3.05, 3.63) is 70.8 Å². The lowest BCUT2D eigenvalue weighted by molar-refractivity contribution is -0.143. The van der Waals surface area contributed by atoms with Crippen LogP contribution in [0.1, 0.15) is 27.0 Å². The Bertz CT molecular complexity index is 755. The van der Waals surface area contributed by atoms with Gasteiger partial charge >= 0.3 is 12.1 Å². The molecule has 0 saturated carbocycles. The number of rotatable bonds is 5. The summed E-state index contributed by atoms with van der Waals surface area (Å²) in [5, 5.41) is 2.40. The molecule has 0 radical (unpaired) electrons. The number of hydrogen-bond donors (Lipinski definition) is 1. The van der Waals surface area contributed by atoms with Gasteiger partial charge in [-0.1, -0.05) is 29.8 Å². The number of aryl methyl sites for hydroxylation is 1. The number of halogens is 3. The van der Waals surface area contributed by atoms with Gasteiger partial charge in [0.25, 0.3) is 5.91 Å². The first-order chi connectivity index (χ1) is 11.8. The molecule has 0 aliphatic rings. The van der Waals surface area contributed by atoms with E-state index in [4.69, 9.17) is 4.74 Å². The van der Waals surface area contributed by atoms with Crippen molar-refractivity contribution >= 4 is 11.9 Å². The van der Waals surface area contributed by atoms with Crippen LogP contribution in [0.2, 0.25) is 0 Å². The lowest BCUT2D eigenvalue weighted by Crippen LogP contribution is -2.30. The largest absolute Gasteiger partial charge is 0.460 e. The van der Waals surface area contributed by atoms with Gasteiger partial charge in [0.2, 0.25) is 0 Å². The topological polar surface area (TPSA) is 55.4 Å². The van der Waals surface area contributed by atoms with Gasteiger partial charge in [0.05, 0.1) is 5.56 Å². The number of amides is 1. The lowest BCUT2D eigenvalue weighted by atomic mass is 10.1. The van der Waals surface area contributed by atoms with E-state index in [1.165, 1.54) is 12.1 Å². The van der Waals surface area contributed by atoms with Crippen LogP contribution in [0.4, 0.5) is 13.2 Å². The van der Waals surface area contributed by atoms with Gasteiger partial charge in [0.15, 0.2) is 0 Å². The Hall–Kier alpha value is -2.83. The highest BCUT2D eigenvalue weighted by Gasteiger charge is 2.30. The molecular formula is C18H16F3NO3. The van der Waals surface area contributed by atoms with E-state index in [0.29, 0.717) is 5.56 Å². The van der Waals surface area contributed by atoms with E-state index in [0.717, 1.165) is 17.7 Å². The Kier molecular flexibility index (Phi) is 5.80. The third kappa shape index (κ3) is 5.63. The average molecular weight is 351 g/mol. The van der Waals surface area contributed by atoms with Crippen LogP contribution in [0, 0.1) is 6.92 Å². The van der Waals surface area contributed by atoms with E-state index in [9.17, 15) is 22.8 Å². The fourth-order valence-corrected chi connectivity index (χ4v) is 2.01. The Labute approximate surface area is 142 Å². The van der Waals surface area contributed by atoms with Gasteiger partial charge in [-0.05, 0) is 36.8 Å². The molecule has 0 atom stereocenters. The first-order valence-corrected chi connectivity index (χ1v) is 7.42. The minimum atomic E-state index is -4.46. The number of ether oxygens (including phenoxy) is 1. The SMILES string of the molecule is Cc1ccc(C(=O)NCC(=O)OCc2cccc(C(F)(F)F)c2)cc1. The highest BCUT2D eigenvalue weighted by molar-refractivity contribution is 5.95. The number of nitrogens with one attached hydrogen (secondary N) is 1. The van der Waals surface area contributed by atoms with E-state index in [-0.39, 0.29) is 18.7 Å². The number of esters is 1. The van der Waals surface area contributed by atoms with Crippen molar-refractivity contribution in [3.63, 3.8) is 0 Å². The van der Waals surface area contributed by atoms with Crippen LogP contribution >= 0.6 is 0 Å². The maximum Gasteiger partial charge on any atom is 0.416 e. The summed E-state index contributed by atoms with van der Waals surface area (Å²) in [5.41, 5.74) is 0.801. The van der Waals surface area contributed by atoms with Gasteiger partial charge in [-0.2, -0.15) is 13.2 Å². The summed E-state index contributed by atoms with van der Waals surface area (Å²) >= 11 is 0. The highest BCUT2D eigenvalue weighted by Crippen LogP contribution is 2.29. The molecule has 2 rings (SSSR count). The molecule has 0 fully saturated rings. The zero-order valence-electron chi connectivity index (χ0n) is 13.4. The highest BCUT2D eigenvalue weighted by atomic mass is 19.4. The quantitative estimate of drug-likeness (QED) is 0.839. The molecule has 0 aliphatic carbocycles. The molecule has 4 nitrogen and oxygen atoms in total. The molecule has 1 amide bonds. The third-order valence-corrected chi connectivity index (χ3v) is 3.36. The number of benzene rings is 2.